The highest BCUT2D eigenvalue weighted by atomic mass is 32.2. The van der Waals surface area contributed by atoms with Crippen LogP contribution in [0.15, 0.2) is 24.3 Å². The second-order valence-electron chi connectivity index (χ2n) is 7.09. The molecule has 28 heavy (non-hydrogen) atoms. The predicted octanol–water partition coefficient (Wildman–Crippen LogP) is 1.08. The molecule has 0 unspecified atom stereocenters. The molecule has 8 nitrogen and oxygen atoms in total. The van der Waals surface area contributed by atoms with Crippen LogP contribution in [0.1, 0.15) is 20.3 Å². The zero-order chi connectivity index (χ0) is 20.6. The molecule has 9 heteroatoms. The van der Waals surface area contributed by atoms with Gasteiger partial charge in [-0.1, -0.05) is 6.07 Å². The first-order valence-electron chi connectivity index (χ1n) is 9.57. The van der Waals surface area contributed by atoms with E-state index >= 15 is 0 Å². The number of carbonyl (C=O) groups is 1. The van der Waals surface area contributed by atoms with Crippen molar-refractivity contribution in [2.24, 2.45) is 0 Å². The normalized spacial score (nSPS) is 15.4. The zero-order valence-electron chi connectivity index (χ0n) is 16.9. The van der Waals surface area contributed by atoms with Crippen LogP contribution < -0.4 is 14.4 Å². The molecule has 1 saturated heterocycles. The maximum absolute atomic E-state index is 12.3. The van der Waals surface area contributed by atoms with E-state index < -0.39 is 10.0 Å². The summed E-state index contributed by atoms with van der Waals surface area (Å²) in [7, 11) is -3.61. The van der Waals surface area contributed by atoms with Gasteiger partial charge >= 0.3 is 0 Å². The number of morpholine rings is 1. The fourth-order valence-electron chi connectivity index (χ4n) is 2.93. The number of hydrogen-bond donors (Lipinski definition) is 1. The second-order valence-corrected chi connectivity index (χ2v) is 9.00. The van der Waals surface area contributed by atoms with Crippen LogP contribution >= 0.6 is 0 Å². The molecule has 0 radical (unpaired) electrons. The van der Waals surface area contributed by atoms with E-state index in [2.05, 4.69) is 10.2 Å². The van der Waals surface area contributed by atoms with E-state index in [1.807, 2.05) is 13.8 Å². The lowest BCUT2D eigenvalue weighted by atomic mass is 10.3. The summed E-state index contributed by atoms with van der Waals surface area (Å²) in [5.41, 5.74) is 0.407. The molecule has 0 saturated carbocycles. The molecule has 1 heterocycles. The first-order valence-corrected chi connectivity index (χ1v) is 11.4. The Kier molecular flexibility index (Phi) is 8.53. The standard InChI is InChI=1S/C19H31N3O5S/c1-16(2)27-18-7-4-6-17(14-18)22(28(3,24)25)15-19(23)20-8-5-9-21-10-12-26-13-11-21/h4,6-7,14,16H,5,8-13,15H2,1-3H3,(H,20,23). The van der Waals surface area contributed by atoms with Gasteiger partial charge in [-0.25, -0.2) is 8.42 Å². The molecule has 1 N–H and O–H groups in total. The molecular weight excluding hydrogens is 382 g/mol. The number of hydrogen-bond acceptors (Lipinski definition) is 6. The average Bonchev–Trinajstić information content (AvgIpc) is 2.63. The van der Waals surface area contributed by atoms with E-state index in [4.69, 9.17) is 9.47 Å². The lowest BCUT2D eigenvalue weighted by Gasteiger charge is -2.26. The van der Waals surface area contributed by atoms with Crippen molar-refractivity contribution >= 4 is 21.6 Å². The third-order valence-electron chi connectivity index (χ3n) is 4.24. The summed E-state index contributed by atoms with van der Waals surface area (Å²) in [4.78, 5) is 14.6. The number of benzene rings is 1. The van der Waals surface area contributed by atoms with Crippen LogP contribution in [-0.2, 0) is 19.6 Å². The second kappa shape index (κ2) is 10.6. The van der Waals surface area contributed by atoms with E-state index in [1.165, 1.54) is 0 Å². The third-order valence-corrected chi connectivity index (χ3v) is 5.38. The monoisotopic (exact) mass is 413 g/mol. The lowest BCUT2D eigenvalue weighted by Crippen LogP contribution is -2.42. The first kappa shape index (κ1) is 22.4. The van der Waals surface area contributed by atoms with Gasteiger partial charge in [-0.2, -0.15) is 0 Å². The fraction of sp³-hybridized carbons (Fsp3) is 0.632. The van der Waals surface area contributed by atoms with Crippen molar-refractivity contribution in [3.8, 4) is 5.75 Å². The predicted molar refractivity (Wildman–Crippen MR) is 109 cm³/mol. The highest BCUT2D eigenvalue weighted by molar-refractivity contribution is 7.92. The largest absolute Gasteiger partial charge is 0.491 e. The van der Waals surface area contributed by atoms with Gasteiger partial charge in [0.15, 0.2) is 0 Å². The van der Waals surface area contributed by atoms with Gasteiger partial charge < -0.3 is 14.8 Å². The Morgan fingerprint density at radius 3 is 2.68 bits per heavy atom. The van der Waals surface area contributed by atoms with Crippen molar-refractivity contribution in [2.75, 3.05) is 56.5 Å². The van der Waals surface area contributed by atoms with Gasteiger partial charge in [-0.3, -0.25) is 14.0 Å². The van der Waals surface area contributed by atoms with Crippen LogP contribution in [0.25, 0.3) is 0 Å². The molecule has 2 rings (SSSR count). The minimum atomic E-state index is -3.61. The average molecular weight is 414 g/mol. The summed E-state index contributed by atoms with van der Waals surface area (Å²) in [6.45, 7) is 8.22. The molecular formula is C19H31N3O5S. The number of carbonyl (C=O) groups excluding carboxylic acids is 1. The van der Waals surface area contributed by atoms with Crippen LogP contribution in [-0.4, -0.2) is 77.5 Å². The molecule has 0 aliphatic carbocycles. The van der Waals surface area contributed by atoms with Gasteiger partial charge in [-0.15, -0.1) is 0 Å². The summed E-state index contributed by atoms with van der Waals surface area (Å²) in [5, 5.41) is 2.81. The van der Waals surface area contributed by atoms with E-state index in [0.717, 1.165) is 49.8 Å². The van der Waals surface area contributed by atoms with Crippen molar-refractivity contribution in [3.05, 3.63) is 24.3 Å². The van der Waals surface area contributed by atoms with Crippen molar-refractivity contribution in [1.82, 2.24) is 10.2 Å². The van der Waals surface area contributed by atoms with Gasteiger partial charge in [0.1, 0.15) is 12.3 Å². The van der Waals surface area contributed by atoms with Crippen LogP contribution in [0.2, 0.25) is 0 Å². The highest BCUT2D eigenvalue weighted by Crippen LogP contribution is 2.23. The van der Waals surface area contributed by atoms with Crippen LogP contribution in [0.4, 0.5) is 5.69 Å². The molecule has 1 aliphatic rings. The van der Waals surface area contributed by atoms with E-state index in [9.17, 15) is 13.2 Å². The summed E-state index contributed by atoms with van der Waals surface area (Å²) in [6, 6.07) is 6.76. The number of nitrogens with zero attached hydrogens (tertiary/aromatic N) is 2. The summed E-state index contributed by atoms with van der Waals surface area (Å²) in [5.74, 6) is 0.231. The highest BCUT2D eigenvalue weighted by Gasteiger charge is 2.21. The molecule has 1 aromatic carbocycles. The number of nitrogens with one attached hydrogen (secondary N) is 1. The Bertz CT molecular complexity index is 733. The molecule has 1 amide bonds. The topological polar surface area (TPSA) is 88.2 Å². The number of ether oxygens (including phenoxy) is 2. The molecule has 1 aromatic rings. The number of sulfonamides is 1. The maximum Gasteiger partial charge on any atom is 0.240 e. The van der Waals surface area contributed by atoms with Crippen molar-refractivity contribution < 1.29 is 22.7 Å². The Labute approximate surface area is 167 Å². The molecule has 0 spiro atoms. The molecule has 1 fully saturated rings. The minimum Gasteiger partial charge on any atom is -0.491 e. The summed E-state index contributed by atoms with van der Waals surface area (Å²) in [6.07, 6.45) is 1.87. The molecule has 158 valence electrons. The van der Waals surface area contributed by atoms with Gasteiger partial charge in [-0.05, 0) is 38.9 Å². The fourth-order valence-corrected chi connectivity index (χ4v) is 3.77. The van der Waals surface area contributed by atoms with Crippen LogP contribution in [0, 0.1) is 0 Å². The van der Waals surface area contributed by atoms with E-state index in [0.29, 0.717) is 18.0 Å². The van der Waals surface area contributed by atoms with Crippen molar-refractivity contribution in [1.29, 1.82) is 0 Å². The SMILES string of the molecule is CC(C)Oc1cccc(N(CC(=O)NCCCN2CCOCC2)S(C)(=O)=O)c1. The number of anilines is 1. The van der Waals surface area contributed by atoms with Gasteiger partial charge in [0.05, 0.1) is 31.3 Å². The molecule has 0 atom stereocenters. The Balaban J connectivity index is 1.90. The van der Waals surface area contributed by atoms with Crippen molar-refractivity contribution in [3.63, 3.8) is 0 Å². The molecule has 0 bridgehead atoms. The first-order chi connectivity index (χ1) is 13.3. The quantitative estimate of drug-likeness (QED) is 0.578. The van der Waals surface area contributed by atoms with E-state index in [-0.39, 0.29) is 18.6 Å². The lowest BCUT2D eigenvalue weighted by molar-refractivity contribution is -0.119. The molecule has 0 aromatic heterocycles. The Morgan fingerprint density at radius 1 is 1.32 bits per heavy atom. The summed E-state index contributed by atoms with van der Waals surface area (Å²) < 4.78 is 36.5. The van der Waals surface area contributed by atoms with Crippen molar-refractivity contribution in [2.45, 2.75) is 26.4 Å². The Hall–Kier alpha value is -1.84. The van der Waals surface area contributed by atoms with Crippen LogP contribution in [0.5, 0.6) is 5.75 Å². The number of rotatable bonds is 10. The Morgan fingerprint density at radius 2 is 2.04 bits per heavy atom. The maximum atomic E-state index is 12.3. The minimum absolute atomic E-state index is 0.0308. The van der Waals surface area contributed by atoms with E-state index in [1.54, 1.807) is 24.3 Å². The zero-order valence-corrected chi connectivity index (χ0v) is 17.7. The number of amides is 1. The smallest absolute Gasteiger partial charge is 0.240 e. The van der Waals surface area contributed by atoms with Crippen LogP contribution in [0.3, 0.4) is 0 Å². The van der Waals surface area contributed by atoms with Gasteiger partial charge in [0.2, 0.25) is 15.9 Å². The third kappa shape index (κ3) is 7.65. The molecule has 1 aliphatic heterocycles. The summed E-state index contributed by atoms with van der Waals surface area (Å²) >= 11 is 0. The van der Waals surface area contributed by atoms with Gasteiger partial charge in [0, 0.05) is 25.7 Å². The van der Waals surface area contributed by atoms with Gasteiger partial charge in [0.25, 0.3) is 0 Å².